The predicted octanol–water partition coefficient (Wildman–Crippen LogP) is -2.04. The summed E-state index contributed by atoms with van der Waals surface area (Å²) in [7, 11) is 1.33. The van der Waals surface area contributed by atoms with Gasteiger partial charge in [0.1, 0.15) is 42.7 Å². The second-order valence-electron chi connectivity index (χ2n) is 8.14. The Hall–Kier alpha value is -1.58. The average molecular weight is 476 g/mol. The molecule has 0 aliphatic carbocycles. The van der Waals surface area contributed by atoms with Gasteiger partial charge in [-0.25, -0.2) is 0 Å². The van der Waals surface area contributed by atoms with Crippen molar-refractivity contribution in [2.75, 3.05) is 20.3 Å². The van der Waals surface area contributed by atoms with Crippen molar-refractivity contribution in [3.63, 3.8) is 0 Å². The van der Waals surface area contributed by atoms with E-state index in [2.05, 4.69) is 0 Å². The number of phenols is 2. The lowest BCUT2D eigenvalue weighted by Crippen LogP contribution is -2.64. The summed E-state index contributed by atoms with van der Waals surface area (Å²) >= 11 is 0. The summed E-state index contributed by atoms with van der Waals surface area (Å²) in [6.07, 6.45) is -12.1. The van der Waals surface area contributed by atoms with E-state index in [0.717, 1.165) is 0 Å². The molecule has 3 rings (SSSR count). The molecule has 0 aromatic heterocycles. The van der Waals surface area contributed by atoms with Crippen LogP contribution in [0.1, 0.15) is 12.5 Å². The van der Waals surface area contributed by atoms with Gasteiger partial charge in [0.15, 0.2) is 24.1 Å². The quantitative estimate of drug-likeness (QED) is 0.204. The van der Waals surface area contributed by atoms with Crippen molar-refractivity contribution in [2.45, 2.75) is 74.8 Å². The summed E-state index contributed by atoms with van der Waals surface area (Å²) in [4.78, 5) is 0. The number of rotatable bonds is 8. The van der Waals surface area contributed by atoms with Crippen LogP contribution in [0.15, 0.2) is 18.2 Å². The molecule has 12 nitrogen and oxygen atoms in total. The molecule has 33 heavy (non-hydrogen) atoms. The number of methoxy groups -OCH3 is 1. The number of ether oxygens (including phenoxy) is 5. The highest BCUT2D eigenvalue weighted by Gasteiger charge is 2.51. The van der Waals surface area contributed by atoms with Crippen LogP contribution in [0.4, 0.5) is 0 Å². The molecule has 0 spiro atoms. The number of hydrogen-bond donors (Lipinski definition) is 7. The van der Waals surface area contributed by atoms with Gasteiger partial charge in [-0.05, 0) is 31.0 Å². The van der Waals surface area contributed by atoms with Gasteiger partial charge in [0, 0.05) is 7.11 Å². The van der Waals surface area contributed by atoms with Crippen LogP contribution in [-0.4, -0.2) is 117 Å². The molecule has 10 unspecified atom stereocenters. The van der Waals surface area contributed by atoms with Crippen LogP contribution in [0.2, 0.25) is 0 Å². The number of benzene rings is 1. The Morgan fingerprint density at radius 1 is 0.879 bits per heavy atom. The van der Waals surface area contributed by atoms with Crippen molar-refractivity contribution in [3.8, 4) is 11.5 Å². The maximum Gasteiger partial charge on any atom is 0.187 e. The molecule has 2 aliphatic rings. The highest BCUT2D eigenvalue weighted by molar-refractivity contribution is 5.40. The molecule has 0 bridgehead atoms. The Morgan fingerprint density at radius 3 is 2.24 bits per heavy atom. The number of aromatic hydroxyl groups is 2. The van der Waals surface area contributed by atoms with Crippen LogP contribution in [0.25, 0.3) is 0 Å². The van der Waals surface area contributed by atoms with Gasteiger partial charge in [-0.2, -0.15) is 0 Å². The van der Waals surface area contributed by atoms with Crippen LogP contribution >= 0.6 is 0 Å². The van der Waals surface area contributed by atoms with Gasteiger partial charge in [0.05, 0.1) is 19.3 Å². The first-order valence-electron chi connectivity index (χ1n) is 10.6. The molecular weight excluding hydrogens is 444 g/mol. The second-order valence-corrected chi connectivity index (χ2v) is 8.14. The largest absolute Gasteiger partial charge is 0.504 e. The Morgan fingerprint density at radius 2 is 1.61 bits per heavy atom. The molecule has 188 valence electrons. The van der Waals surface area contributed by atoms with Crippen LogP contribution in [0.3, 0.4) is 0 Å². The second kappa shape index (κ2) is 11.2. The van der Waals surface area contributed by atoms with E-state index in [1.54, 1.807) is 6.07 Å². The van der Waals surface area contributed by atoms with E-state index in [-0.39, 0.29) is 18.1 Å². The lowest BCUT2D eigenvalue weighted by atomic mass is 9.97. The summed E-state index contributed by atoms with van der Waals surface area (Å²) in [5.74, 6) is -0.521. The Bertz CT molecular complexity index is 763. The number of hydrogen-bond acceptors (Lipinski definition) is 12. The zero-order valence-electron chi connectivity index (χ0n) is 18.3. The smallest absolute Gasteiger partial charge is 0.187 e. The fourth-order valence-electron chi connectivity index (χ4n) is 3.92. The third-order valence-electron chi connectivity index (χ3n) is 5.88. The number of phenolic OH excluding ortho intramolecular Hbond substituents is 2. The maximum atomic E-state index is 10.9. The zero-order chi connectivity index (χ0) is 24.3. The van der Waals surface area contributed by atoms with Gasteiger partial charge in [-0.15, -0.1) is 0 Å². The minimum Gasteiger partial charge on any atom is -0.504 e. The summed E-state index contributed by atoms with van der Waals surface area (Å²) in [5.41, 5.74) is 0.664. The van der Waals surface area contributed by atoms with Gasteiger partial charge in [0.2, 0.25) is 0 Å². The van der Waals surface area contributed by atoms with Gasteiger partial charge < -0.3 is 59.4 Å². The third-order valence-corrected chi connectivity index (χ3v) is 5.88. The lowest BCUT2D eigenvalue weighted by molar-refractivity contribution is -0.359. The topological polar surface area (TPSA) is 188 Å². The highest BCUT2D eigenvalue weighted by Crippen LogP contribution is 2.31. The lowest BCUT2D eigenvalue weighted by Gasteiger charge is -2.46. The molecule has 0 saturated carbocycles. The van der Waals surface area contributed by atoms with Crippen molar-refractivity contribution < 1.29 is 59.4 Å². The molecule has 7 N–H and O–H groups in total. The van der Waals surface area contributed by atoms with E-state index in [1.165, 1.54) is 26.2 Å². The van der Waals surface area contributed by atoms with Gasteiger partial charge >= 0.3 is 0 Å². The summed E-state index contributed by atoms with van der Waals surface area (Å²) < 4.78 is 27.8. The van der Waals surface area contributed by atoms with Gasteiger partial charge in [-0.1, -0.05) is 6.07 Å². The monoisotopic (exact) mass is 476 g/mol. The minimum absolute atomic E-state index is 0.0545. The van der Waals surface area contributed by atoms with Crippen molar-refractivity contribution in [1.29, 1.82) is 0 Å². The van der Waals surface area contributed by atoms with E-state index in [4.69, 9.17) is 23.7 Å². The minimum atomic E-state index is -1.60. The van der Waals surface area contributed by atoms with Crippen LogP contribution < -0.4 is 0 Å². The molecule has 1 aromatic carbocycles. The Labute approximate surface area is 190 Å². The van der Waals surface area contributed by atoms with E-state index < -0.39 is 68.0 Å². The van der Waals surface area contributed by atoms with Crippen molar-refractivity contribution in [3.05, 3.63) is 23.8 Å². The molecule has 0 radical (unpaired) electrons. The van der Waals surface area contributed by atoms with Crippen molar-refractivity contribution in [1.82, 2.24) is 0 Å². The Kier molecular flexibility index (Phi) is 8.86. The summed E-state index contributed by atoms with van der Waals surface area (Å²) in [6, 6.07) is 4.32. The first kappa shape index (κ1) is 26.0. The van der Waals surface area contributed by atoms with Crippen LogP contribution in [-0.2, 0) is 30.1 Å². The molecule has 1 aromatic rings. The number of aliphatic hydroxyl groups excluding tert-OH is 5. The van der Waals surface area contributed by atoms with Crippen LogP contribution in [0, 0.1) is 0 Å². The molecule has 2 aliphatic heterocycles. The van der Waals surface area contributed by atoms with Crippen LogP contribution in [0.5, 0.6) is 11.5 Å². The SMILES string of the molecule is COC1C(CO)OC(OCCc2ccc(O)c(O)c2)C(O)C1OC1OC(C)C(O)C(O)C1O. The third kappa shape index (κ3) is 5.74. The molecule has 2 fully saturated rings. The Balaban J connectivity index is 1.68. The molecule has 12 heteroatoms. The summed E-state index contributed by atoms with van der Waals surface area (Å²) in [6.45, 7) is 1.06. The first-order valence-corrected chi connectivity index (χ1v) is 10.6. The van der Waals surface area contributed by atoms with E-state index >= 15 is 0 Å². The maximum absolute atomic E-state index is 10.9. The highest BCUT2D eigenvalue weighted by atomic mass is 16.7. The van der Waals surface area contributed by atoms with Gasteiger partial charge in [-0.3, -0.25) is 0 Å². The van der Waals surface area contributed by atoms with Gasteiger partial charge in [0.25, 0.3) is 0 Å². The number of aliphatic hydroxyl groups is 5. The zero-order valence-corrected chi connectivity index (χ0v) is 18.3. The standard InChI is InChI=1S/C21H32O12/c1-9-14(25)15(26)16(27)21(31-9)33-19-17(28)20(32-13(8-22)18(19)29-2)30-6-5-10-3-4-11(23)12(24)7-10/h3-4,7,9,13-28H,5-6,8H2,1-2H3. The average Bonchev–Trinajstić information content (AvgIpc) is 2.80. The summed E-state index contributed by atoms with van der Waals surface area (Å²) in [5, 5.41) is 69.8. The molecule has 2 heterocycles. The predicted molar refractivity (Wildman–Crippen MR) is 109 cm³/mol. The fourth-order valence-corrected chi connectivity index (χ4v) is 3.92. The van der Waals surface area contributed by atoms with E-state index in [0.29, 0.717) is 12.0 Å². The van der Waals surface area contributed by atoms with Crippen molar-refractivity contribution in [2.24, 2.45) is 0 Å². The molecule has 2 saturated heterocycles. The molecule has 10 atom stereocenters. The van der Waals surface area contributed by atoms with E-state index in [9.17, 15) is 35.7 Å². The first-order chi connectivity index (χ1) is 15.7. The molecular formula is C21H32O12. The van der Waals surface area contributed by atoms with Crippen molar-refractivity contribution >= 4 is 0 Å². The normalized spacial score (nSPS) is 39.5. The molecule has 0 amide bonds. The fraction of sp³-hybridized carbons (Fsp3) is 0.714. The van der Waals surface area contributed by atoms with E-state index in [1.807, 2.05) is 0 Å².